The number of carbonyl (C=O) groups excluding carboxylic acids is 1. The summed E-state index contributed by atoms with van der Waals surface area (Å²) in [5.41, 5.74) is 0.255. The van der Waals surface area contributed by atoms with Crippen molar-refractivity contribution in [2.45, 2.75) is 0 Å². The van der Waals surface area contributed by atoms with Gasteiger partial charge < -0.3 is 19.9 Å². The molecule has 1 amide bonds. The zero-order valence-corrected chi connectivity index (χ0v) is 11.4. The summed E-state index contributed by atoms with van der Waals surface area (Å²) in [6.45, 7) is 0. The van der Waals surface area contributed by atoms with Crippen LogP contribution in [0.4, 0.5) is 10.5 Å². The van der Waals surface area contributed by atoms with Crippen molar-refractivity contribution in [1.29, 1.82) is 0 Å². The van der Waals surface area contributed by atoms with Crippen LogP contribution in [0.15, 0.2) is 42.5 Å². The van der Waals surface area contributed by atoms with Gasteiger partial charge in [-0.3, -0.25) is 5.32 Å². The molecule has 0 heterocycles. The third-order valence-electron chi connectivity index (χ3n) is 2.59. The monoisotopic (exact) mass is 307 g/mol. The molecule has 8 heteroatoms. The predicted molar refractivity (Wildman–Crippen MR) is 79.0 cm³/mol. The van der Waals surface area contributed by atoms with Crippen LogP contribution >= 0.6 is 11.6 Å². The van der Waals surface area contributed by atoms with Crippen LogP contribution < -0.4 is 15.5 Å². The lowest BCUT2D eigenvalue weighted by atomic mass is 9.80. The van der Waals surface area contributed by atoms with E-state index in [1.807, 2.05) is 0 Å². The molecule has 108 valence electrons. The molecule has 0 fully saturated rings. The highest BCUT2D eigenvalue weighted by Crippen LogP contribution is 2.21. The lowest BCUT2D eigenvalue weighted by Crippen LogP contribution is -2.31. The molecule has 2 aromatic carbocycles. The summed E-state index contributed by atoms with van der Waals surface area (Å²) in [5.74, 6) is 0.287. The quantitative estimate of drug-likeness (QED) is 0.641. The fraction of sp³-hybridized carbons (Fsp3) is 0. The highest BCUT2D eigenvalue weighted by Gasteiger charge is 2.18. The van der Waals surface area contributed by atoms with Crippen molar-refractivity contribution in [3.63, 3.8) is 0 Å². The van der Waals surface area contributed by atoms with E-state index >= 15 is 0 Å². The van der Waals surface area contributed by atoms with E-state index in [0.717, 1.165) is 0 Å². The Hall–Kier alpha value is -2.22. The van der Waals surface area contributed by atoms with Crippen LogP contribution in [0.25, 0.3) is 0 Å². The fourth-order valence-corrected chi connectivity index (χ4v) is 1.87. The molecule has 0 aliphatic heterocycles. The minimum Gasteiger partial charge on any atom is -0.508 e. The second kappa shape index (κ2) is 6.49. The summed E-state index contributed by atoms with van der Waals surface area (Å²) in [4.78, 5) is 11.7. The van der Waals surface area contributed by atoms with Gasteiger partial charge in [0, 0.05) is 5.46 Å². The van der Waals surface area contributed by atoms with Gasteiger partial charge in [0.05, 0.1) is 10.7 Å². The van der Waals surface area contributed by atoms with E-state index in [-0.39, 0.29) is 27.7 Å². The number of amides is 1. The van der Waals surface area contributed by atoms with E-state index < -0.39 is 13.2 Å². The largest absolute Gasteiger partial charge is 0.508 e. The Morgan fingerprint density at radius 2 is 1.81 bits per heavy atom. The van der Waals surface area contributed by atoms with Gasteiger partial charge in [-0.05, 0) is 30.3 Å². The van der Waals surface area contributed by atoms with Gasteiger partial charge in [0.25, 0.3) is 0 Å². The molecule has 0 radical (unpaired) electrons. The Bertz CT molecular complexity index is 648. The van der Waals surface area contributed by atoms with Gasteiger partial charge in [0.1, 0.15) is 11.5 Å². The topological polar surface area (TPSA) is 99.0 Å². The smallest absolute Gasteiger partial charge is 0.490 e. The fourth-order valence-electron chi connectivity index (χ4n) is 1.60. The minimum atomic E-state index is -1.74. The minimum absolute atomic E-state index is 0.00940. The second-order valence-corrected chi connectivity index (χ2v) is 4.47. The van der Waals surface area contributed by atoms with Crippen LogP contribution in [0.3, 0.4) is 0 Å². The molecule has 0 aliphatic carbocycles. The number of aromatic hydroxyl groups is 1. The number of phenolic OH excluding ortho intramolecular Hbond substituents is 1. The number of rotatable bonds is 3. The summed E-state index contributed by atoms with van der Waals surface area (Å²) in [6.07, 6.45) is -0.799. The summed E-state index contributed by atoms with van der Waals surface area (Å²) in [7, 11) is -1.74. The number of hydrogen-bond donors (Lipinski definition) is 4. The zero-order chi connectivity index (χ0) is 15.4. The van der Waals surface area contributed by atoms with E-state index in [1.165, 1.54) is 42.5 Å². The molecule has 0 spiro atoms. The maximum Gasteiger partial charge on any atom is 0.490 e. The van der Waals surface area contributed by atoms with Crippen LogP contribution in [-0.2, 0) is 0 Å². The van der Waals surface area contributed by atoms with Gasteiger partial charge >= 0.3 is 13.2 Å². The van der Waals surface area contributed by atoms with Crippen molar-refractivity contribution in [2.75, 3.05) is 5.32 Å². The average molecular weight is 307 g/mol. The first-order valence-electron chi connectivity index (χ1n) is 5.90. The standard InChI is InChI=1S/C13H11BClNO5/c15-12-10(14(19)20)2-1-3-11(12)16-13(18)21-9-6-4-8(17)5-7-9/h1-7,17,19-20H,(H,16,18). The van der Waals surface area contributed by atoms with Crippen molar-refractivity contribution >= 4 is 36.0 Å². The van der Waals surface area contributed by atoms with Crippen LogP contribution in [0.2, 0.25) is 5.02 Å². The number of nitrogens with one attached hydrogen (secondary N) is 1. The lowest BCUT2D eigenvalue weighted by molar-refractivity contribution is 0.215. The number of carbonyl (C=O) groups is 1. The molecule has 0 bridgehead atoms. The summed E-state index contributed by atoms with van der Waals surface area (Å²) < 4.78 is 4.98. The Labute approximate surface area is 125 Å². The van der Waals surface area contributed by atoms with Crippen molar-refractivity contribution in [3.05, 3.63) is 47.5 Å². The molecular weight excluding hydrogens is 296 g/mol. The molecule has 4 N–H and O–H groups in total. The van der Waals surface area contributed by atoms with Crippen molar-refractivity contribution in [3.8, 4) is 11.5 Å². The van der Waals surface area contributed by atoms with Crippen LogP contribution in [0.1, 0.15) is 0 Å². The normalized spacial score (nSPS) is 10.0. The Balaban J connectivity index is 2.09. The van der Waals surface area contributed by atoms with E-state index in [1.54, 1.807) is 0 Å². The van der Waals surface area contributed by atoms with Crippen LogP contribution in [0, 0.1) is 0 Å². The number of anilines is 1. The summed E-state index contributed by atoms with van der Waals surface area (Å²) in [6, 6.07) is 10.0. The molecule has 6 nitrogen and oxygen atoms in total. The molecule has 0 atom stereocenters. The van der Waals surface area contributed by atoms with Gasteiger partial charge in [-0.15, -0.1) is 0 Å². The number of ether oxygens (including phenoxy) is 1. The maximum absolute atomic E-state index is 11.7. The highest BCUT2D eigenvalue weighted by molar-refractivity contribution is 6.63. The Morgan fingerprint density at radius 1 is 1.14 bits per heavy atom. The molecule has 0 saturated carbocycles. The molecule has 0 saturated heterocycles. The van der Waals surface area contributed by atoms with E-state index in [0.29, 0.717) is 0 Å². The first-order valence-corrected chi connectivity index (χ1v) is 6.27. The van der Waals surface area contributed by atoms with Gasteiger partial charge in [0.2, 0.25) is 0 Å². The Morgan fingerprint density at radius 3 is 2.43 bits per heavy atom. The van der Waals surface area contributed by atoms with E-state index in [4.69, 9.17) is 31.5 Å². The van der Waals surface area contributed by atoms with Gasteiger partial charge in [-0.1, -0.05) is 23.7 Å². The number of phenols is 1. The van der Waals surface area contributed by atoms with Crippen LogP contribution in [0.5, 0.6) is 11.5 Å². The maximum atomic E-state index is 11.7. The SMILES string of the molecule is O=C(Nc1cccc(B(O)O)c1Cl)Oc1ccc(O)cc1. The van der Waals surface area contributed by atoms with Crippen molar-refractivity contribution < 1.29 is 24.7 Å². The van der Waals surface area contributed by atoms with Gasteiger partial charge in [-0.2, -0.15) is 0 Å². The number of halogens is 1. The molecule has 0 aromatic heterocycles. The molecule has 0 unspecified atom stereocenters. The van der Waals surface area contributed by atoms with E-state index in [9.17, 15) is 4.79 Å². The molecule has 2 rings (SSSR count). The third-order valence-corrected chi connectivity index (χ3v) is 3.01. The molecule has 0 aliphatic rings. The van der Waals surface area contributed by atoms with Crippen molar-refractivity contribution in [2.24, 2.45) is 0 Å². The molecule has 2 aromatic rings. The summed E-state index contributed by atoms with van der Waals surface area (Å²) >= 11 is 5.95. The Kier molecular flexibility index (Phi) is 4.69. The first-order chi connectivity index (χ1) is 9.97. The molecule has 21 heavy (non-hydrogen) atoms. The number of benzene rings is 2. The first kappa shape index (κ1) is 15.2. The van der Waals surface area contributed by atoms with Crippen LogP contribution in [-0.4, -0.2) is 28.4 Å². The lowest BCUT2D eigenvalue weighted by Gasteiger charge is -2.10. The third kappa shape index (κ3) is 3.88. The summed E-state index contributed by atoms with van der Waals surface area (Å²) in [5, 5.41) is 29.8. The second-order valence-electron chi connectivity index (χ2n) is 4.09. The van der Waals surface area contributed by atoms with E-state index in [2.05, 4.69) is 5.32 Å². The average Bonchev–Trinajstić information content (AvgIpc) is 2.43. The van der Waals surface area contributed by atoms with Gasteiger partial charge in [0.15, 0.2) is 0 Å². The van der Waals surface area contributed by atoms with Crippen molar-refractivity contribution in [1.82, 2.24) is 0 Å². The molecular formula is C13H11BClNO5. The highest BCUT2D eigenvalue weighted by atomic mass is 35.5. The number of hydrogen-bond acceptors (Lipinski definition) is 5. The predicted octanol–water partition coefficient (Wildman–Crippen LogP) is 1.34. The van der Waals surface area contributed by atoms with Gasteiger partial charge in [-0.25, -0.2) is 4.79 Å². The zero-order valence-electron chi connectivity index (χ0n) is 10.7.